The van der Waals surface area contributed by atoms with Crippen LogP contribution in [0, 0.1) is 0 Å². The highest BCUT2D eigenvalue weighted by molar-refractivity contribution is 5.87. The van der Waals surface area contributed by atoms with Gasteiger partial charge in [-0.15, -0.1) is 0 Å². The summed E-state index contributed by atoms with van der Waals surface area (Å²) in [7, 11) is 0. The number of fused-ring (bicyclic) bond motifs is 1. The van der Waals surface area contributed by atoms with E-state index in [1.165, 1.54) is 128 Å². The van der Waals surface area contributed by atoms with Crippen LogP contribution in [0.25, 0.3) is 10.8 Å². The van der Waals surface area contributed by atoms with Crippen LogP contribution >= 0.6 is 0 Å². The Kier molecular flexibility index (Phi) is 35.0. The first kappa shape index (κ1) is 62.3. The van der Waals surface area contributed by atoms with Gasteiger partial charge in [-0.1, -0.05) is 250 Å². The minimum absolute atomic E-state index is 0.0124. The van der Waals surface area contributed by atoms with Gasteiger partial charge < -0.3 is 26.6 Å². The maximum atomic E-state index is 14.0. The van der Waals surface area contributed by atoms with Crippen LogP contribution in [0.15, 0.2) is 42.5 Å². The molecular formula is C62H105N5O5. The molecular weight excluding hydrogens is 895 g/mol. The van der Waals surface area contributed by atoms with Crippen LogP contribution in [0.3, 0.4) is 0 Å². The molecule has 0 radical (unpaired) electrons. The van der Waals surface area contributed by atoms with Crippen LogP contribution in [0.1, 0.15) is 271 Å². The number of hydrogen-bond acceptors (Lipinski definition) is 5. The molecule has 0 spiro atoms. The molecule has 1 saturated heterocycles. The highest BCUT2D eigenvalue weighted by Crippen LogP contribution is 2.21. The van der Waals surface area contributed by atoms with Crippen molar-refractivity contribution in [2.75, 3.05) is 0 Å². The fourth-order valence-electron chi connectivity index (χ4n) is 10.7. The van der Waals surface area contributed by atoms with Gasteiger partial charge in [0.25, 0.3) is 0 Å². The van der Waals surface area contributed by atoms with Gasteiger partial charge in [0.2, 0.25) is 29.5 Å². The number of unbranched alkanes of at least 4 members (excludes halogenated alkanes) is 24. The topological polar surface area (TPSA) is 146 Å². The molecule has 0 aromatic heterocycles. The Bertz CT molecular complexity index is 1650. The van der Waals surface area contributed by atoms with Crippen molar-refractivity contribution in [2.45, 2.75) is 302 Å². The van der Waals surface area contributed by atoms with E-state index < -0.39 is 24.0 Å². The Morgan fingerprint density at radius 1 is 0.431 bits per heavy atom. The summed E-state index contributed by atoms with van der Waals surface area (Å²) in [5.41, 5.74) is 0.986. The Hall–Kier alpha value is -3.95. The molecule has 3 atom stereocenters. The van der Waals surface area contributed by atoms with E-state index in [0.717, 1.165) is 93.4 Å². The second-order valence-electron chi connectivity index (χ2n) is 21.9. The Balaban J connectivity index is 1.77. The Labute approximate surface area is 439 Å². The number of carbonyl (C=O) groups excluding carboxylic acids is 5. The summed E-state index contributed by atoms with van der Waals surface area (Å²) in [4.78, 5) is 69.8. The zero-order valence-corrected chi connectivity index (χ0v) is 46.3. The van der Waals surface area contributed by atoms with Gasteiger partial charge in [0.1, 0.15) is 0 Å². The number of nitrogens with one attached hydrogen (secondary N) is 5. The predicted molar refractivity (Wildman–Crippen MR) is 301 cm³/mol. The van der Waals surface area contributed by atoms with Crippen molar-refractivity contribution in [3.63, 3.8) is 0 Å². The van der Waals surface area contributed by atoms with Crippen LogP contribution in [-0.4, -0.2) is 59.7 Å². The molecule has 5 N–H and O–H groups in total. The fourth-order valence-corrected chi connectivity index (χ4v) is 10.7. The van der Waals surface area contributed by atoms with Crippen molar-refractivity contribution < 1.29 is 24.0 Å². The van der Waals surface area contributed by atoms with E-state index >= 15 is 0 Å². The molecule has 1 heterocycles. The molecule has 1 aliphatic heterocycles. The van der Waals surface area contributed by atoms with Gasteiger partial charge in [-0.2, -0.15) is 0 Å². The van der Waals surface area contributed by atoms with E-state index in [9.17, 15) is 24.0 Å². The van der Waals surface area contributed by atoms with E-state index in [2.05, 4.69) is 78.5 Å². The average molecular weight is 1000 g/mol. The van der Waals surface area contributed by atoms with Gasteiger partial charge in [0.15, 0.2) is 0 Å². The summed E-state index contributed by atoms with van der Waals surface area (Å²) >= 11 is 0. The summed E-state index contributed by atoms with van der Waals surface area (Å²) in [6, 6.07) is 12.4. The standard InChI is InChI=1S/C62H105N5O5/c1-5-9-13-17-21-25-29-37-53(38-30-26-22-18-14-10-6-2)63-58(68)46-56-48-61(71)65-55(44-50-41-42-51-35-33-34-36-52(51)43-50)45-60(70)66-57(49-62(72)67-56)47-59(69)64-54(39-31-27-23-19-15-11-7-3)40-32-28-24-20-16-12-8-4/h33-36,41-43,53-57H,5-32,37-40,44-49H2,1-4H3,(H,63,68)(H,64,69)(H,65,71)(H,66,70)(H,67,72). The molecule has 408 valence electrons. The van der Waals surface area contributed by atoms with Crippen LogP contribution < -0.4 is 26.6 Å². The molecule has 1 fully saturated rings. The van der Waals surface area contributed by atoms with Gasteiger partial charge in [0.05, 0.1) is 0 Å². The number of rotatable bonds is 40. The molecule has 72 heavy (non-hydrogen) atoms. The number of benzene rings is 2. The molecule has 5 amide bonds. The summed E-state index contributed by atoms with van der Waals surface area (Å²) < 4.78 is 0. The quantitative estimate of drug-likeness (QED) is 0.0422. The largest absolute Gasteiger partial charge is 0.353 e. The zero-order chi connectivity index (χ0) is 51.9. The summed E-state index contributed by atoms with van der Waals surface area (Å²) in [5.74, 6) is -1.36. The van der Waals surface area contributed by atoms with E-state index in [4.69, 9.17) is 0 Å². The molecule has 2 aromatic rings. The van der Waals surface area contributed by atoms with Crippen LogP contribution in [-0.2, 0) is 30.4 Å². The second-order valence-corrected chi connectivity index (χ2v) is 21.9. The van der Waals surface area contributed by atoms with Crippen molar-refractivity contribution >= 4 is 40.3 Å². The first-order valence-corrected chi connectivity index (χ1v) is 30.1. The molecule has 10 heteroatoms. The molecule has 0 saturated carbocycles. The second kappa shape index (κ2) is 40.4. The molecule has 3 unspecified atom stereocenters. The molecule has 1 aliphatic rings. The van der Waals surface area contributed by atoms with Crippen LogP contribution in [0.5, 0.6) is 0 Å². The minimum Gasteiger partial charge on any atom is -0.353 e. The van der Waals surface area contributed by atoms with E-state index in [1.807, 2.05) is 18.2 Å². The van der Waals surface area contributed by atoms with Crippen LogP contribution in [0.4, 0.5) is 0 Å². The summed E-state index contributed by atoms with van der Waals surface area (Å²) in [6.45, 7) is 8.96. The Morgan fingerprint density at radius 2 is 0.750 bits per heavy atom. The molecule has 10 nitrogen and oxygen atoms in total. The van der Waals surface area contributed by atoms with Crippen molar-refractivity contribution in [3.05, 3.63) is 48.0 Å². The minimum atomic E-state index is -0.755. The zero-order valence-electron chi connectivity index (χ0n) is 46.3. The number of amides is 5. The fraction of sp³-hybridized carbons (Fsp3) is 0.758. The maximum Gasteiger partial charge on any atom is 0.222 e. The van der Waals surface area contributed by atoms with E-state index in [-0.39, 0.29) is 67.8 Å². The molecule has 0 aliphatic carbocycles. The van der Waals surface area contributed by atoms with Gasteiger partial charge in [-0.3, -0.25) is 24.0 Å². The average Bonchev–Trinajstić information content (AvgIpc) is 3.34. The van der Waals surface area contributed by atoms with E-state index in [1.54, 1.807) is 0 Å². The third-order valence-electron chi connectivity index (χ3n) is 14.9. The van der Waals surface area contributed by atoms with Crippen LogP contribution in [0.2, 0.25) is 0 Å². The monoisotopic (exact) mass is 1000 g/mol. The maximum absolute atomic E-state index is 14.0. The molecule has 2 aromatic carbocycles. The first-order chi connectivity index (χ1) is 35.1. The van der Waals surface area contributed by atoms with Gasteiger partial charge >= 0.3 is 0 Å². The smallest absolute Gasteiger partial charge is 0.222 e. The third kappa shape index (κ3) is 30.3. The van der Waals surface area contributed by atoms with Crippen molar-refractivity contribution in [3.8, 4) is 0 Å². The van der Waals surface area contributed by atoms with Gasteiger partial charge in [-0.25, -0.2) is 0 Å². The first-order valence-electron chi connectivity index (χ1n) is 30.1. The van der Waals surface area contributed by atoms with Crippen molar-refractivity contribution in [2.24, 2.45) is 0 Å². The lowest BCUT2D eigenvalue weighted by Crippen LogP contribution is -2.50. The predicted octanol–water partition coefficient (Wildman–Crippen LogP) is 14.3. The van der Waals surface area contributed by atoms with Gasteiger partial charge in [0, 0.05) is 62.3 Å². The molecule has 3 rings (SSSR count). The summed E-state index contributed by atoms with van der Waals surface area (Å²) in [6.07, 6.45) is 37.7. The highest BCUT2D eigenvalue weighted by atomic mass is 16.2. The van der Waals surface area contributed by atoms with E-state index in [0.29, 0.717) is 6.42 Å². The Morgan fingerprint density at radius 3 is 1.12 bits per heavy atom. The SMILES string of the molecule is CCCCCCCCCC(CCCCCCCCC)NC(=O)CC1CC(=O)NC(Cc2ccc3ccccc3c2)CC(=O)NC(CC(=O)NC(CCCCCCCCC)CCCCCCCCC)CC(=O)N1. The highest BCUT2D eigenvalue weighted by Gasteiger charge is 2.29. The van der Waals surface area contributed by atoms with Gasteiger partial charge in [-0.05, 0) is 48.4 Å². The number of hydrogen-bond donors (Lipinski definition) is 5. The molecule has 0 bridgehead atoms. The van der Waals surface area contributed by atoms with Crippen molar-refractivity contribution in [1.82, 2.24) is 26.6 Å². The third-order valence-corrected chi connectivity index (χ3v) is 14.9. The van der Waals surface area contributed by atoms with Crippen molar-refractivity contribution in [1.29, 1.82) is 0 Å². The number of carbonyl (C=O) groups is 5. The lowest BCUT2D eigenvalue weighted by molar-refractivity contribution is -0.127. The summed E-state index contributed by atoms with van der Waals surface area (Å²) in [5, 5.41) is 18.1. The lowest BCUT2D eigenvalue weighted by atomic mass is 9.97. The lowest BCUT2D eigenvalue weighted by Gasteiger charge is -2.27. The normalized spacial score (nSPS) is 16.8.